The fourth-order valence-corrected chi connectivity index (χ4v) is 2.69. The lowest BCUT2D eigenvalue weighted by Crippen LogP contribution is -2.16. The van der Waals surface area contributed by atoms with Crippen LogP contribution in [0.2, 0.25) is 0 Å². The van der Waals surface area contributed by atoms with Crippen LogP contribution in [0.15, 0.2) is 28.2 Å². The van der Waals surface area contributed by atoms with Gasteiger partial charge in [0.05, 0.1) is 12.2 Å². The van der Waals surface area contributed by atoms with Crippen molar-refractivity contribution in [1.82, 2.24) is 9.97 Å². The maximum atomic E-state index is 12.2. The van der Waals surface area contributed by atoms with Crippen LogP contribution in [0.25, 0.3) is 0 Å². The second-order valence-corrected chi connectivity index (χ2v) is 6.43. The summed E-state index contributed by atoms with van der Waals surface area (Å²) in [7, 11) is 0. The van der Waals surface area contributed by atoms with Gasteiger partial charge in [-0.1, -0.05) is 25.1 Å². The zero-order chi connectivity index (χ0) is 18.4. The molecule has 0 aliphatic carbocycles. The van der Waals surface area contributed by atoms with E-state index >= 15 is 0 Å². The van der Waals surface area contributed by atoms with E-state index in [2.05, 4.69) is 16.9 Å². The van der Waals surface area contributed by atoms with E-state index in [9.17, 15) is 14.7 Å². The Labute approximate surface area is 150 Å². The van der Waals surface area contributed by atoms with E-state index in [0.29, 0.717) is 28.6 Å². The van der Waals surface area contributed by atoms with Gasteiger partial charge in [0, 0.05) is 12.0 Å². The number of benzene rings is 1. The minimum absolute atomic E-state index is 0.0738. The molecule has 0 spiro atoms. The lowest BCUT2D eigenvalue weighted by molar-refractivity contribution is 0.101. The van der Waals surface area contributed by atoms with Crippen LogP contribution < -0.4 is 10.3 Å². The smallest absolute Gasteiger partial charge is 0.258 e. The van der Waals surface area contributed by atoms with Crippen molar-refractivity contribution in [2.75, 3.05) is 12.9 Å². The zero-order valence-corrected chi connectivity index (χ0v) is 15.4. The molecular formula is C18H22N2O4S. The van der Waals surface area contributed by atoms with Crippen molar-refractivity contribution in [2.45, 2.75) is 38.3 Å². The Morgan fingerprint density at radius 2 is 2.16 bits per heavy atom. The van der Waals surface area contributed by atoms with Crippen LogP contribution in [0.3, 0.4) is 0 Å². The normalized spacial score (nSPS) is 10.7. The van der Waals surface area contributed by atoms with E-state index in [0.717, 1.165) is 12.8 Å². The molecule has 6 nitrogen and oxygen atoms in total. The van der Waals surface area contributed by atoms with Crippen LogP contribution in [0.5, 0.6) is 11.6 Å². The monoisotopic (exact) mass is 362 g/mol. The molecule has 0 bridgehead atoms. The summed E-state index contributed by atoms with van der Waals surface area (Å²) < 4.78 is 5.78. The SMILES string of the molecule is CCCCOc1ccc(C(C)=O)cc1Cc1c(O)nc(SC)[nH]c1=O. The Balaban J connectivity index is 2.40. The van der Waals surface area contributed by atoms with Gasteiger partial charge < -0.3 is 14.8 Å². The quantitative estimate of drug-likeness (QED) is 0.324. The first-order valence-electron chi connectivity index (χ1n) is 8.09. The average molecular weight is 362 g/mol. The van der Waals surface area contributed by atoms with Crippen molar-refractivity contribution in [2.24, 2.45) is 0 Å². The number of nitrogens with zero attached hydrogens (tertiary/aromatic N) is 1. The molecule has 0 aliphatic rings. The first kappa shape index (κ1) is 19.1. The number of ketones is 1. The summed E-state index contributed by atoms with van der Waals surface area (Å²) in [6.45, 7) is 4.10. The molecule has 0 unspecified atom stereocenters. The number of carbonyl (C=O) groups excluding carboxylic acids is 1. The standard InChI is InChI=1S/C18H22N2O4S/c1-4-5-8-24-15-7-6-12(11(2)21)9-13(15)10-14-16(22)19-18(25-3)20-17(14)23/h6-7,9H,4-5,8,10H2,1-3H3,(H2,19,20,22,23). The Kier molecular flexibility index (Phi) is 6.64. The molecule has 1 heterocycles. The molecule has 134 valence electrons. The molecule has 2 aromatic rings. The highest BCUT2D eigenvalue weighted by molar-refractivity contribution is 7.98. The fraction of sp³-hybridized carbons (Fsp3) is 0.389. The summed E-state index contributed by atoms with van der Waals surface area (Å²) in [6, 6.07) is 5.13. The van der Waals surface area contributed by atoms with Crippen LogP contribution in [-0.4, -0.2) is 33.7 Å². The minimum atomic E-state index is -0.399. The molecule has 2 N–H and O–H groups in total. The van der Waals surface area contributed by atoms with Crippen LogP contribution in [0.1, 0.15) is 48.2 Å². The number of carbonyl (C=O) groups is 1. The highest BCUT2D eigenvalue weighted by Crippen LogP contribution is 2.26. The van der Waals surface area contributed by atoms with Gasteiger partial charge >= 0.3 is 0 Å². The molecule has 0 saturated heterocycles. The number of hydrogen-bond donors (Lipinski definition) is 2. The summed E-state index contributed by atoms with van der Waals surface area (Å²) in [5.74, 6) is 0.224. The number of aromatic hydroxyl groups is 1. The van der Waals surface area contributed by atoms with Gasteiger partial charge in [-0.15, -0.1) is 0 Å². The molecule has 25 heavy (non-hydrogen) atoms. The van der Waals surface area contributed by atoms with Gasteiger partial charge in [-0.25, -0.2) is 0 Å². The second kappa shape index (κ2) is 8.71. The highest BCUT2D eigenvalue weighted by atomic mass is 32.2. The average Bonchev–Trinajstić information content (AvgIpc) is 2.58. The van der Waals surface area contributed by atoms with Crippen LogP contribution in [-0.2, 0) is 6.42 Å². The predicted molar refractivity (Wildman–Crippen MR) is 98.0 cm³/mol. The minimum Gasteiger partial charge on any atom is -0.493 e. The first-order chi connectivity index (χ1) is 12.0. The van der Waals surface area contributed by atoms with Crippen molar-refractivity contribution >= 4 is 17.5 Å². The number of H-pyrrole nitrogens is 1. The van der Waals surface area contributed by atoms with E-state index in [1.54, 1.807) is 24.5 Å². The summed E-state index contributed by atoms with van der Waals surface area (Å²) in [6.07, 6.45) is 3.80. The number of rotatable bonds is 8. The summed E-state index contributed by atoms with van der Waals surface area (Å²) >= 11 is 1.24. The van der Waals surface area contributed by atoms with E-state index in [1.165, 1.54) is 18.7 Å². The van der Waals surface area contributed by atoms with E-state index in [1.807, 2.05) is 0 Å². The third-order valence-electron chi connectivity index (χ3n) is 3.75. The van der Waals surface area contributed by atoms with Crippen LogP contribution in [0, 0.1) is 0 Å². The number of hydrogen-bond acceptors (Lipinski definition) is 6. The van der Waals surface area contributed by atoms with Crippen molar-refractivity contribution in [3.63, 3.8) is 0 Å². The number of nitrogens with one attached hydrogen (secondary N) is 1. The topological polar surface area (TPSA) is 92.3 Å². The Hall–Kier alpha value is -2.28. The van der Waals surface area contributed by atoms with Gasteiger partial charge in [0.25, 0.3) is 5.56 Å². The molecule has 1 aromatic heterocycles. The van der Waals surface area contributed by atoms with E-state index < -0.39 is 5.56 Å². The molecule has 2 rings (SSSR count). The van der Waals surface area contributed by atoms with Gasteiger partial charge in [0.15, 0.2) is 10.9 Å². The first-order valence-corrected chi connectivity index (χ1v) is 9.31. The van der Waals surface area contributed by atoms with E-state index in [4.69, 9.17) is 4.74 Å². The Morgan fingerprint density at radius 3 is 2.76 bits per heavy atom. The lowest BCUT2D eigenvalue weighted by Gasteiger charge is -2.13. The predicted octanol–water partition coefficient (Wildman–Crippen LogP) is 3.17. The molecule has 0 saturated carbocycles. The number of unbranched alkanes of at least 4 members (excludes halogenated alkanes) is 1. The summed E-state index contributed by atoms with van der Waals surface area (Å²) in [5.41, 5.74) is 0.953. The maximum absolute atomic E-state index is 12.2. The van der Waals surface area contributed by atoms with E-state index in [-0.39, 0.29) is 23.6 Å². The second-order valence-electron chi connectivity index (χ2n) is 5.63. The Bertz CT molecular complexity index is 817. The summed E-state index contributed by atoms with van der Waals surface area (Å²) in [5, 5.41) is 10.4. The molecule has 0 amide bonds. The van der Waals surface area contributed by atoms with Gasteiger partial charge in [-0.3, -0.25) is 9.59 Å². The zero-order valence-electron chi connectivity index (χ0n) is 14.6. The number of ether oxygens (including phenoxy) is 1. The summed E-state index contributed by atoms with van der Waals surface area (Å²) in [4.78, 5) is 30.5. The Morgan fingerprint density at radius 1 is 1.40 bits per heavy atom. The highest BCUT2D eigenvalue weighted by Gasteiger charge is 2.15. The van der Waals surface area contributed by atoms with Gasteiger partial charge in [0.2, 0.25) is 5.88 Å². The third-order valence-corrected chi connectivity index (χ3v) is 4.34. The van der Waals surface area contributed by atoms with Crippen LogP contribution in [0.4, 0.5) is 0 Å². The number of aromatic amines is 1. The maximum Gasteiger partial charge on any atom is 0.258 e. The van der Waals surface area contributed by atoms with Crippen molar-refractivity contribution < 1.29 is 14.6 Å². The number of aromatic nitrogens is 2. The number of Topliss-reactive ketones (excluding diaryl/α,β-unsaturated/α-hetero) is 1. The fourth-order valence-electron chi connectivity index (χ4n) is 2.32. The molecule has 0 fully saturated rings. The molecular weight excluding hydrogens is 340 g/mol. The molecule has 0 aliphatic heterocycles. The van der Waals surface area contributed by atoms with Gasteiger partial charge in [-0.05, 0) is 43.4 Å². The third kappa shape index (κ3) is 4.85. The molecule has 0 radical (unpaired) electrons. The molecule has 1 aromatic carbocycles. The molecule has 0 atom stereocenters. The van der Waals surface area contributed by atoms with Crippen molar-refractivity contribution in [3.05, 3.63) is 45.2 Å². The largest absolute Gasteiger partial charge is 0.493 e. The van der Waals surface area contributed by atoms with Crippen molar-refractivity contribution in [3.8, 4) is 11.6 Å². The van der Waals surface area contributed by atoms with Gasteiger partial charge in [0.1, 0.15) is 5.75 Å². The lowest BCUT2D eigenvalue weighted by atomic mass is 10.0. The van der Waals surface area contributed by atoms with Gasteiger partial charge in [-0.2, -0.15) is 4.98 Å². The number of thioether (sulfide) groups is 1. The van der Waals surface area contributed by atoms with Crippen molar-refractivity contribution in [1.29, 1.82) is 0 Å². The van der Waals surface area contributed by atoms with Crippen LogP contribution >= 0.6 is 11.8 Å². The molecule has 7 heteroatoms.